The van der Waals surface area contributed by atoms with Crippen LogP contribution in [0.25, 0.3) is 0 Å². The van der Waals surface area contributed by atoms with Gasteiger partial charge in [0.1, 0.15) is 5.75 Å². The quantitative estimate of drug-likeness (QED) is 0.848. The third-order valence-electron chi connectivity index (χ3n) is 4.95. The number of carbonyl (C=O) groups excluding carboxylic acids is 1. The Hall–Kier alpha value is -2.71. The van der Waals surface area contributed by atoms with E-state index in [1.807, 2.05) is 31.2 Å². The predicted molar refractivity (Wildman–Crippen MR) is 103 cm³/mol. The fourth-order valence-corrected chi connectivity index (χ4v) is 3.46. The Bertz CT molecular complexity index is 794. The number of ether oxygens (including phenoxy) is 3. The van der Waals surface area contributed by atoms with E-state index in [2.05, 4.69) is 15.5 Å². The molecule has 2 aromatic rings. The van der Waals surface area contributed by atoms with Crippen molar-refractivity contribution < 1.29 is 19.0 Å². The molecular weight excluding hydrogens is 360 g/mol. The molecular formula is C20H24N4O4. The first-order valence-electron chi connectivity index (χ1n) is 9.58. The van der Waals surface area contributed by atoms with E-state index in [0.29, 0.717) is 57.3 Å². The minimum atomic E-state index is -0.492. The van der Waals surface area contributed by atoms with Gasteiger partial charge in [0.15, 0.2) is 17.3 Å². The van der Waals surface area contributed by atoms with E-state index in [-0.39, 0.29) is 5.91 Å². The Kier molecular flexibility index (Phi) is 5.40. The number of amides is 1. The molecule has 0 atom stereocenters. The van der Waals surface area contributed by atoms with E-state index in [4.69, 9.17) is 14.2 Å². The normalized spacial score (nSPS) is 18.2. The van der Waals surface area contributed by atoms with Crippen molar-refractivity contribution in [1.29, 1.82) is 0 Å². The van der Waals surface area contributed by atoms with Crippen molar-refractivity contribution in [3.63, 3.8) is 0 Å². The lowest BCUT2D eigenvalue weighted by atomic mass is 10.0. The molecule has 3 heterocycles. The van der Waals surface area contributed by atoms with E-state index < -0.39 is 5.79 Å². The smallest absolute Gasteiger partial charge is 0.274 e. The van der Waals surface area contributed by atoms with Gasteiger partial charge in [-0.2, -0.15) is 0 Å². The molecule has 2 saturated heterocycles. The number of hydrogen-bond donors (Lipinski definition) is 1. The number of nitrogens with one attached hydrogen (secondary N) is 1. The second kappa shape index (κ2) is 8.12. The number of hydrogen-bond acceptors (Lipinski definition) is 7. The maximum absolute atomic E-state index is 12.7. The molecule has 28 heavy (non-hydrogen) atoms. The largest absolute Gasteiger partial charge is 0.494 e. The average Bonchev–Trinajstić information content (AvgIpc) is 3.18. The lowest BCUT2D eigenvalue weighted by Gasteiger charge is -2.37. The molecule has 1 amide bonds. The molecule has 2 fully saturated rings. The van der Waals surface area contributed by atoms with Crippen LogP contribution in [0.15, 0.2) is 36.4 Å². The van der Waals surface area contributed by atoms with Gasteiger partial charge in [-0.1, -0.05) is 0 Å². The molecule has 2 aliphatic heterocycles. The van der Waals surface area contributed by atoms with Crippen molar-refractivity contribution in [1.82, 2.24) is 15.1 Å². The molecule has 0 radical (unpaired) electrons. The minimum absolute atomic E-state index is 0.118. The third kappa shape index (κ3) is 4.07. The highest BCUT2D eigenvalue weighted by Gasteiger charge is 2.41. The summed E-state index contributed by atoms with van der Waals surface area (Å²) < 4.78 is 16.8. The number of aromatic nitrogens is 2. The second-order valence-electron chi connectivity index (χ2n) is 6.79. The number of rotatable bonds is 5. The minimum Gasteiger partial charge on any atom is -0.494 e. The van der Waals surface area contributed by atoms with E-state index >= 15 is 0 Å². The molecule has 1 N–H and O–H groups in total. The van der Waals surface area contributed by atoms with Crippen LogP contribution in [0.1, 0.15) is 30.3 Å². The van der Waals surface area contributed by atoms with Gasteiger partial charge in [-0.15, -0.1) is 10.2 Å². The van der Waals surface area contributed by atoms with E-state index in [1.54, 1.807) is 17.0 Å². The fourth-order valence-electron chi connectivity index (χ4n) is 3.46. The molecule has 8 heteroatoms. The van der Waals surface area contributed by atoms with Crippen LogP contribution in [0.5, 0.6) is 5.75 Å². The molecule has 1 aromatic carbocycles. The number of likely N-dealkylation sites (tertiary alicyclic amines) is 1. The summed E-state index contributed by atoms with van der Waals surface area (Å²) in [4.78, 5) is 14.5. The molecule has 1 aromatic heterocycles. The maximum atomic E-state index is 12.7. The summed E-state index contributed by atoms with van der Waals surface area (Å²) >= 11 is 0. The Balaban J connectivity index is 1.34. The predicted octanol–water partition coefficient (Wildman–Crippen LogP) is 2.60. The van der Waals surface area contributed by atoms with E-state index in [9.17, 15) is 4.79 Å². The van der Waals surface area contributed by atoms with Crippen LogP contribution in [-0.2, 0) is 9.47 Å². The zero-order chi connectivity index (χ0) is 19.4. The average molecular weight is 384 g/mol. The van der Waals surface area contributed by atoms with Crippen LogP contribution in [-0.4, -0.2) is 59.7 Å². The van der Waals surface area contributed by atoms with Crippen molar-refractivity contribution in [2.24, 2.45) is 0 Å². The van der Waals surface area contributed by atoms with Crippen LogP contribution in [0, 0.1) is 0 Å². The van der Waals surface area contributed by atoms with Gasteiger partial charge < -0.3 is 24.4 Å². The summed E-state index contributed by atoms with van der Waals surface area (Å²) in [6.45, 7) is 5.01. The molecule has 0 saturated carbocycles. The van der Waals surface area contributed by atoms with E-state index in [1.165, 1.54) is 0 Å². The first-order chi connectivity index (χ1) is 13.7. The molecule has 1 spiro atoms. The highest BCUT2D eigenvalue weighted by atomic mass is 16.7. The Morgan fingerprint density at radius 2 is 1.82 bits per heavy atom. The van der Waals surface area contributed by atoms with Gasteiger partial charge in [-0.3, -0.25) is 4.79 Å². The van der Waals surface area contributed by atoms with Gasteiger partial charge in [0, 0.05) is 31.6 Å². The highest BCUT2D eigenvalue weighted by Crippen LogP contribution is 2.31. The van der Waals surface area contributed by atoms with Crippen LogP contribution in [0.4, 0.5) is 11.5 Å². The van der Waals surface area contributed by atoms with Crippen molar-refractivity contribution in [3.05, 3.63) is 42.1 Å². The molecule has 0 bridgehead atoms. The van der Waals surface area contributed by atoms with Crippen molar-refractivity contribution >= 4 is 17.4 Å². The molecule has 148 valence electrons. The van der Waals surface area contributed by atoms with Crippen LogP contribution in [0.3, 0.4) is 0 Å². The maximum Gasteiger partial charge on any atom is 0.274 e. The molecule has 2 aliphatic rings. The zero-order valence-electron chi connectivity index (χ0n) is 15.9. The second-order valence-corrected chi connectivity index (χ2v) is 6.79. The summed E-state index contributed by atoms with van der Waals surface area (Å²) in [6, 6.07) is 11.0. The summed E-state index contributed by atoms with van der Waals surface area (Å²) in [5.41, 5.74) is 1.20. The zero-order valence-corrected chi connectivity index (χ0v) is 15.9. The van der Waals surface area contributed by atoms with Gasteiger partial charge in [-0.25, -0.2) is 0 Å². The summed E-state index contributed by atoms with van der Waals surface area (Å²) in [7, 11) is 0. The fraction of sp³-hybridized carbons (Fsp3) is 0.450. The van der Waals surface area contributed by atoms with E-state index in [0.717, 1.165) is 11.4 Å². The van der Waals surface area contributed by atoms with Crippen LogP contribution < -0.4 is 10.1 Å². The molecule has 8 nitrogen and oxygen atoms in total. The lowest BCUT2D eigenvalue weighted by molar-refractivity contribution is -0.181. The first kappa shape index (κ1) is 18.6. The molecule has 0 aliphatic carbocycles. The van der Waals surface area contributed by atoms with Gasteiger partial charge in [0.2, 0.25) is 0 Å². The number of benzene rings is 1. The number of anilines is 2. The number of nitrogens with zero attached hydrogens (tertiary/aromatic N) is 3. The summed E-state index contributed by atoms with van der Waals surface area (Å²) in [6.07, 6.45) is 1.37. The van der Waals surface area contributed by atoms with Gasteiger partial charge in [-0.05, 0) is 43.3 Å². The van der Waals surface area contributed by atoms with Crippen molar-refractivity contribution in [2.45, 2.75) is 25.6 Å². The lowest BCUT2D eigenvalue weighted by Crippen LogP contribution is -2.47. The van der Waals surface area contributed by atoms with Crippen molar-refractivity contribution in [3.8, 4) is 5.75 Å². The van der Waals surface area contributed by atoms with Crippen LogP contribution in [0.2, 0.25) is 0 Å². The van der Waals surface area contributed by atoms with Gasteiger partial charge >= 0.3 is 0 Å². The van der Waals surface area contributed by atoms with Gasteiger partial charge in [0.05, 0.1) is 19.8 Å². The topological polar surface area (TPSA) is 85.8 Å². The molecule has 4 rings (SSSR count). The molecule has 0 unspecified atom stereocenters. The number of piperidine rings is 1. The summed E-state index contributed by atoms with van der Waals surface area (Å²) in [5, 5.41) is 11.4. The standard InChI is InChI=1S/C20H24N4O4/c1-2-26-16-5-3-15(4-6-16)21-18-8-7-17(22-23-18)19(25)24-11-9-20(10-12-24)27-13-14-28-20/h3-8H,2,9-14H2,1H3,(H,21,23). The SMILES string of the molecule is CCOc1ccc(Nc2ccc(C(=O)N3CCC4(CC3)OCCO4)nn2)cc1. The van der Waals surface area contributed by atoms with Gasteiger partial charge in [0.25, 0.3) is 5.91 Å². The number of carbonyl (C=O) groups is 1. The van der Waals surface area contributed by atoms with Crippen molar-refractivity contribution in [2.75, 3.05) is 38.2 Å². The Labute approximate surface area is 163 Å². The Morgan fingerprint density at radius 1 is 1.11 bits per heavy atom. The third-order valence-corrected chi connectivity index (χ3v) is 4.95. The Morgan fingerprint density at radius 3 is 2.43 bits per heavy atom. The first-order valence-corrected chi connectivity index (χ1v) is 9.58. The van der Waals surface area contributed by atoms with Crippen LogP contribution >= 0.6 is 0 Å². The highest BCUT2D eigenvalue weighted by molar-refractivity contribution is 5.92. The summed E-state index contributed by atoms with van der Waals surface area (Å²) in [5.74, 6) is 0.782. The monoisotopic (exact) mass is 384 g/mol.